The number of pyridine rings is 1. The molecule has 0 saturated carbocycles. The second-order valence-electron chi connectivity index (χ2n) is 4.59. The van der Waals surface area contributed by atoms with E-state index in [-0.39, 0.29) is 0 Å². The summed E-state index contributed by atoms with van der Waals surface area (Å²) in [5.41, 5.74) is 1.23. The van der Waals surface area contributed by atoms with E-state index in [0.717, 1.165) is 12.3 Å². The maximum atomic E-state index is 5.64. The van der Waals surface area contributed by atoms with Gasteiger partial charge in [-0.3, -0.25) is 4.98 Å². The highest BCUT2D eigenvalue weighted by molar-refractivity contribution is 6.17. The number of hydrogen-bond donors (Lipinski definition) is 0. The van der Waals surface area contributed by atoms with Crippen LogP contribution < -0.4 is 0 Å². The normalized spacial score (nSPS) is 10.6. The van der Waals surface area contributed by atoms with Gasteiger partial charge < -0.3 is 0 Å². The van der Waals surface area contributed by atoms with Gasteiger partial charge in [0.05, 0.1) is 0 Å². The summed E-state index contributed by atoms with van der Waals surface area (Å²) in [5.74, 6) is 0.823. The summed E-state index contributed by atoms with van der Waals surface area (Å²) in [5, 5.41) is 0. The maximum absolute atomic E-state index is 5.64. The molecule has 0 aliphatic carbocycles. The minimum absolute atomic E-state index is 0.823. The third-order valence-electron chi connectivity index (χ3n) is 3.04. The van der Waals surface area contributed by atoms with Crippen LogP contribution >= 0.6 is 11.6 Å². The van der Waals surface area contributed by atoms with E-state index < -0.39 is 0 Å². The van der Waals surface area contributed by atoms with Gasteiger partial charge in [-0.15, -0.1) is 11.6 Å². The lowest BCUT2D eigenvalue weighted by molar-refractivity contribution is 0.574. The number of unbranched alkanes of at least 4 members (excludes halogenated alkanes) is 7. The molecular formula is C15H24ClN. The van der Waals surface area contributed by atoms with E-state index in [4.69, 9.17) is 11.6 Å². The Balaban J connectivity index is 1.85. The molecule has 0 aromatic carbocycles. The predicted molar refractivity (Wildman–Crippen MR) is 75.6 cm³/mol. The summed E-state index contributed by atoms with van der Waals surface area (Å²) in [7, 11) is 0. The van der Waals surface area contributed by atoms with Crippen molar-refractivity contribution in [2.75, 3.05) is 5.88 Å². The van der Waals surface area contributed by atoms with Crippen LogP contribution in [0.25, 0.3) is 0 Å². The van der Waals surface area contributed by atoms with Gasteiger partial charge in [0.2, 0.25) is 0 Å². The van der Waals surface area contributed by atoms with Crippen molar-refractivity contribution in [1.29, 1.82) is 0 Å². The standard InChI is InChI=1S/C15H24ClN/c16-13-9-6-4-2-1-3-5-7-11-15-12-8-10-14-17-15/h8,10,12,14H,1-7,9,11,13H2. The molecule has 0 N–H and O–H groups in total. The van der Waals surface area contributed by atoms with Crippen LogP contribution in [-0.4, -0.2) is 10.9 Å². The highest BCUT2D eigenvalue weighted by atomic mass is 35.5. The van der Waals surface area contributed by atoms with Crippen molar-refractivity contribution in [2.45, 2.75) is 57.8 Å². The zero-order valence-electron chi connectivity index (χ0n) is 10.7. The van der Waals surface area contributed by atoms with Crippen LogP contribution in [0.15, 0.2) is 24.4 Å². The van der Waals surface area contributed by atoms with E-state index >= 15 is 0 Å². The van der Waals surface area contributed by atoms with Crippen molar-refractivity contribution in [3.05, 3.63) is 30.1 Å². The molecule has 1 aromatic rings. The Bertz CT molecular complexity index is 261. The zero-order chi connectivity index (χ0) is 12.2. The second-order valence-corrected chi connectivity index (χ2v) is 4.97. The SMILES string of the molecule is ClCCCCCCCCCCc1ccccn1. The van der Waals surface area contributed by atoms with Gasteiger partial charge >= 0.3 is 0 Å². The summed E-state index contributed by atoms with van der Waals surface area (Å²) < 4.78 is 0. The van der Waals surface area contributed by atoms with E-state index in [2.05, 4.69) is 17.1 Å². The number of aromatic nitrogens is 1. The fourth-order valence-electron chi connectivity index (χ4n) is 2.01. The molecule has 0 atom stereocenters. The van der Waals surface area contributed by atoms with Crippen LogP contribution in [0.4, 0.5) is 0 Å². The Labute approximate surface area is 111 Å². The molecule has 0 aliphatic heterocycles. The summed E-state index contributed by atoms with van der Waals surface area (Å²) in [6.45, 7) is 0. The van der Waals surface area contributed by atoms with Gasteiger partial charge in [0.15, 0.2) is 0 Å². The number of halogens is 1. The molecule has 1 nitrogen and oxygen atoms in total. The Kier molecular flexibility index (Phi) is 9.03. The third-order valence-corrected chi connectivity index (χ3v) is 3.31. The average molecular weight is 254 g/mol. The smallest absolute Gasteiger partial charge is 0.0403 e. The lowest BCUT2D eigenvalue weighted by atomic mass is 10.1. The number of rotatable bonds is 10. The molecule has 0 bridgehead atoms. The highest BCUT2D eigenvalue weighted by Crippen LogP contribution is 2.10. The summed E-state index contributed by atoms with van der Waals surface area (Å²) in [6, 6.07) is 6.16. The molecule has 0 unspecified atom stereocenters. The number of alkyl halides is 1. The first-order chi connectivity index (χ1) is 8.43. The summed E-state index contributed by atoms with van der Waals surface area (Å²) in [6.07, 6.45) is 13.6. The van der Waals surface area contributed by atoms with Crippen molar-refractivity contribution in [3.8, 4) is 0 Å². The third kappa shape index (κ3) is 8.20. The van der Waals surface area contributed by atoms with Crippen LogP contribution in [0.5, 0.6) is 0 Å². The lowest BCUT2D eigenvalue weighted by Gasteiger charge is -2.02. The molecule has 0 saturated heterocycles. The molecule has 0 aliphatic rings. The molecule has 0 fully saturated rings. The van der Waals surface area contributed by atoms with Gasteiger partial charge in [-0.05, 0) is 31.4 Å². The van der Waals surface area contributed by atoms with Crippen LogP contribution in [0, 0.1) is 0 Å². The van der Waals surface area contributed by atoms with Crippen molar-refractivity contribution < 1.29 is 0 Å². The molecular weight excluding hydrogens is 230 g/mol. The second kappa shape index (κ2) is 10.6. The topological polar surface area (TPSA) is 12.9 Å². The fourth-order valence-corrected chi connectivity index (χ4v) is 2.20. The monoisotopic (exact) mass is 253 g/mol. The Morgan fingerprint density at radius 3 is 2.06 bits per heavy atom. The molecule has 0 amide bonds. The minimum Gasteiger partial charge on any atom is -0.261 e. The van der Waals surface area contributed by atoms with E-state index in [1.165, 1.54) is 57.1 Å². The van der Waals surface area contributed by atoms with Crippen molar-refractivity contribution in [1.82, 2.24) is 4.98 Å². The van der Waals surface area contributed by atoms with E-state index in [1.807, 2.05) is 12.3 Å². The van der Waals surface area contributed by atoms with Crippen molar-refractivity contribution in [3.63, 3.8) is 0 Å². The van der Waals surface area contributed by atoms with Crippen molar-refractivity contribution in [2.24, 2.45) is 0 Å². The van der Waals surface area contributed by atoms with Gasteiger partial charge in [-0.1, -0.05) is 44.6 Å². The Morgan fingerprint density at radius 1 is 0.824 bits per heavy atom. The van der Waals surface area contributed by atoms with E-state index in [0.29, 0.717) is 0 Å². The molecule has 2 heteroatoms. The predicted octanol–water partition coefficient (Wildman–Crippen LogP) is 4.98. The van der Waals surface area contributed by atoms with Crippen molar-refractivity contribution >= 4 is 11.6 Å². The van der Waals surface area contributed by atoms with Crippen LogP contribution in [0.1, 0.15) is 57.1 Å². The Morgan fingerprint density at radius 2 is 1.47 bits per heavy atom. The first-order valence-corrected chi connectivity index (χ1v) is 7.43. The van der Waals surface area contributed by atoms with Gasteiger partial charge in [0.25, 0.3) is 0 Å². The Hall–Kier alpha value is -0.560. The average Bonchev–Trinajstić information content (AvgIpc) is 2.38. The first kappa shape index (κ1) is 14.5. The fraction of sp³-hybridized carbons (Fsp3) is 0.667. The summed E-state index contributed by atoms with van der Waals surface area (Å²) in [4.78, 5) is 4.33. The van der Waals surface area contributed by atoms with Crippen LogP contribution in [-0.2, 0) is 6.42 Å². The van der Waals surface area contributed by atoms with Gasteiger partial charge in [0.1, 0.15) is 0 Å². The molecule has 0 radical (unpaired) electrons. The maximum Gasteiger partial charge on any atom is 0.0403 e. The molecule has 0 spiro atoms. The van der Waals surface area contributed by atoms with Gasteiger partial charge in [-0.2, -0.15) is 0 Å². The molecule has 1 rings (SSSR count). The zero-order valence-corrected chi connectivity index (χ0v) is 11.5. The highest BCUT2D eigenvalue weighted by Gasteiger charge is 1.94. The van der Waals surface area contributed by atoms with Gasteiger partial charge in [0, 0.05) is 17.8 Å². The lowest BCUT2D eigenvalue weighted by Crippen LogP contribution is -1.89. The van der Waals surface area contributed by atoms with Gasteiger partial charge in [-0.25, -0.2) is 0 Å². The largest absolute Gasteiger partial charge is 0.261 e. The number of nitrogens with zero attached hydrogens (tertiary/aromatic N) is 1. The molecule has 17 heavy (non-hydrogen) atoms. The van der Waals surface area contributed by atoms with E-state index in [9.17, 15) is 0 Å². The molecule has 1 aromatic heterocycles. The number of aryl methyl sites for hydroxylation is 1. The quantitative estimate of drug-likeness (QED) is 0.423. The summed E-state index contributed by atoms with van der Waals surface area (Å²) >= 11 is 5.64. The molecule has 96 valence electrons. The van der Waals surface area contributed by atoms with E-state index in [1.54, 1.807) is 0 Å². The number of hydrogen-bond acceptors (Lipinski definition) is 1. The van der Waals surface area contributed by atoms with Crippen LogP contribution in [0.2, 0.25) is 0 Å². The molecule has 1 heterocycles. The van der Waals surface area contributed by atoms with Crippen LogP contribution in [0.3, 0.4) is 0 Å². The minimum atomic E-state index is 0.823. The first-order valence-electron chi connectivity index (χ1n) is 6.89.